The van der Waals surface area contributed by atoms with Crippen molar-refractivity contribution in [1.82, 2.24) is 9.13 Å². The van der Waals surface area contributed by atoms with Crippen LogP contribution in [0.5, 0.6) is 0 Å². The molecule has 2 nitrogen and oxygen atoms in total. The van der Waals surface area contributed by atoms with Crippen LogP contribution in [0.1, 0.15) is 69.4 Å². The summed E-state index contributed by atoms with van der Waals surface area (Å²) in [5.41, 5.74) is 21.8. The van der Waals surface area contributed by atoms with E-state index in [-0.39, 0.29) is 10.8 Å². The largest absolute Gasteiger partial charge is 0.309 e. The summed E-state index contributed by atoms with van der Waals surface area (Å²) in [5, 5.41) is 5.18. The molecule has 0 radical (unpaired) electrons. The van der Waals surface area contributed by atoms with E-state index in [0.717, 1.165) is 24.2 Å². The first-order valence-corrected chi connectivity index (χ1v) is 22.7. The number of aryl methyl sites for hydroxylation is 3. The van der Waals surface area contributed by atoms with Crippen molar-refractivity contribution in [2.45, 2.75) is 75.2 Å². The molecule has 312 valence electrons. The Morgan fingerprint density at radius 1 is 0.349 bits per heavy atom. The van der Waals surface area contributed by atoms with Gasteiger partial charge in [0.15, 0.2) is 0 Å². The molecule has 8 aromatic carbocycles. The van der Waals surface area contributed by atoms with Crippen LogP contribution >= 0.6 is 0 Å². The topological polar surface area (TPSA) is 9.86 Å². The first-order chi connectivity index (χ1) is 30.2. The van der Waals surface area contributed by atoms with E-state index in [9.17, 15) is 0 Å². The molecule has 0 atom stereocenters. The average molecular weight is 819 g/mol. The zero-order chi connectivity index (χ0) is 43.8. The van der Waals surface area contributed by atoms with E-state index >= 15 is 0 Å². The van der Waals surface area contributed by atoms with E-state index < -0.39 is 0 Å². The zero-order valence-electron chi connectivity index (χ0n) is 38.4. The number of hydrogen-bond acceptors (Lipinski definition) is 0. The fourth-order valence-corrected chi connectivity index (χ4v) is 10.1. The molecule has 10 aromatic rings. The summed E-state index contributed by atoms with van der Waals surface area (Å²) >= 11 is 0. The second-order valence-corrected chi connectivity index (χ2v) is 20.5. The first-order valence-electron chi connectivity index (χ1n) is 22.7. The second kappa shape index (κ2) is 15.3. The van der Waals surface area contributed by atoms with Crippen molar-refractivity contribution in [2.24, 2.45) is 10.8 Å². The highest BCUT2D eigenvalue weighted by Crippen LogP contribution is 2.41. The van der Waals surface area contributed by atoms with Crippen molar-refractivity contribution in [1.29, 1.82) is 0 Å². The van der Waals surface area contributed by atoms with Crippen molar-refractivity contribution in [3.05, 3.63) is 192 Å². The van der Waals surface area contributed by atoms with Crippen molar-refractivity contribution < 1.29 is 0 Å². The van der Waals surface area contributed by atoms with Gasteiger partial charge in [-0.3, -0.25) is 0 Å². The van der Waals surface area contributed by atoms with Crippen molar-refractivity contribution in [2.75, 3.05) is 0 Å². The predicted octanol–water partition coefficient (Wildman–Crippen LogP) is 17.0. The van der Waals surface area contributed by atoms with Crippen molar-refractivity contribution in [3.63, 3.8) is 0 Å². The fraction of sp³-hybridized carbons (Fsp3) is 0.213. The number of fused-ring (bicyclic) bond motifs is 6. The highest BCUT2D eigenvalue weighted by atomic mass is 15.0. The van der Waals surface area contributed by atoms with Gasteiger partial charge in [-0.25, -0.2) is 0 Å². The number of hydrogen-bond donors (Lipinski definition) is 0. The van der Waals surface area contributed by atoms with Gasteiger partial charge in [0, 0.05) is 32.9 Å². The number of benzene rings is 8. The van der Waals surface area contributed by atoms with Crippen molar-refractivity contribution >= 4 is 43.6 Å². The van der Waals surface area contributed by atoms with Crippen LogP contribution in [0, 0.1) is 31.6 Å². The van der Waals surface area contributed by atoms with E-state index in [1.54, 1.807) is 0 Å². The number of nitrogens with zero attached hydrogens (tertiary/aromatic N) is 2. The van der Waals surface area contributed by atoms with Gasteiger partial charge in [0.1, 0.15) is 0 Å². The SMILES string of the molecule is Cc1cc2c(cc1CC(C)(C)C)c1cc(-c3ccccc3C)ccc1n2-c1cccc(-c2cccc(-n3c4ccc(CC(C)(C)C)cc4c4cc(-c5ccccc5C)ccc43)c2)c1. The Kier molecular flexibility index (Phi) is 9.83. The first kappa shape index (κ1) is 40.4. The van der Waals surface area contributed by atoms with Gasteiger partial charge in [-0.05, 0) is 178 Å². The third-order valence-corrected chi connectivity index (χ3v) is 13.0. The van der Waals surface area contributed by atoms with Crippen LogP contribution in [-0.4, -0.2) is 9.13 Å². The Hall–Kier alpha value is -6.64. The summed E-state index contributed by atoms with van der Waals surface area (Å²) in [6.07, 6.45) is 2.05. The van der Waals surface area contributed by atoms with Crippen LogP contribution in [0.2, 0.25) is 0 Å². The molecule has 10 rings (SSSR count). The Morgan fingerprint density at radius 2 is 0.810 bits per heavy atom. The van der Waals surface area contributed by atoms with Crippen LogP contribution in [0.3, 0.4) is 0 Å². The Labute approximate surface area is 373 Å². The third-order valence-electron chi connectivity index (χ3n) is 13.0. The van der Waals surface area contributed by atoms with Crippen LogP contribution < -0.4 is 0 Å². The molecular weight excluding hydrogens is 761 g/mol. The summed E-state index contributed by atoms with van der Waals surface area (Å²) in [7, 11) is 0. The maximum absolute atomic E-state index is 2.49. The molecule has 2 aromatic heterocycles. The minimum absolute atomic E-state index is 0.185. The van der Waals surface area contributed by atoms with Gasteiger partial charge in [-0.1, -0.05) is 133 Å². The quantitative estimate of drug-likeness (QED) is 0.152. The lowest BCUT2D eigenvalue weighted by Crippen LogP contribution is -2.10. The van der Waals surface area contributed by atoms with E-state index in [1.165, 1.54) is 105 Å². The van der Waals surface area contributed by atoms with Gasteiger partial charge < -0.3 is 9.13 Å². The highest BCUT2D eigenvalue weighted by Gasteiger charge is 2.21. The Balaban J connectivity index is 1.12. The monoisotopic (exact) mass is 818 g/mol. The molecule has 2 heterocycles. The van der Waals surface area contributed by atoms with Gasteiger partial charge in [0.25, 0.3) is 0 Å². The van der Waals surface area contributed by atoms with Crippen LogP contribution in [-0.2, 0) is 12.8 Å². The summed E-state index contributed by atoms with van der Waals surface area (Å²) in [4.78, 5) is 0. The van der Waals surface area contributed by atoms with Gasteiger partial charge in [-0.15, -0.1) is 0 Å². The molecule has 0 spiro atoms. The molecule has 0 unspecified atom stereocenters. The lowest BCUT2D eigenvalue weighted by molar-refractivity contribution is 0.410. The molecule has 0 saturated heterocycles. The Bertz CT molecular complexity index is 3390. The molecule has 0 bridgehead atoms. The Morgan fingerprint density at radius 3 is 1.32 bits per heavy atom. The van der Waals surface area contributed by atoms with Crippen LogP contribution in [0.4, 0.5) is 0 Å². The molecule has 0 fully saturated rings. The average Bonchev–Trinajstić information content (AvgIpc) is 3.74. The van der Waals surface area contributed by atoms with E-state index in [1.807, 2.05) is 0 Å². The molecule has 0 aliphatic heterocycles. The number of aromatic nitrogens is 2. The normalized spacial score (nSPS) is 12.3. The summed E-state index contributed by atoms with van der Waals surface area (Å²) in [6.45, 7) is 20.7. The van der Waals surface area contributed by atoms with Crippen LogP contribution in [0.15, 0.2) is 164 Å². The summed E-state index contributed by atoms with van der Waals surface area (Å²) in [6, 6.07) is 61.8. The lowest BCUT2D eigenvalue weighted by Gasteiger charge is -2.20. The molecule has 0 amide bonds. The molecule has 0 aliphatic carbocycles. The predicted molar refractivity (Wildman–Crippen MR) is 272 cm³/mol. The van der Waals surface area contributed by atoms with Gasteiger partial charge in [0.2, 0.25) is 0 Å². The van der Waals surface area contributed by atoms with E-state index in [2.05, 4.69) is 235 Å². The van der Waals surface area contributed by atoms with E-state index in [4.69, 9.17) is 0 Å². The molecule has 2 heteroatoms. The number of rotatable bonds is 7. The molecule has 0 aliphatic rings. The highest BCUT2D eigenvalue weighted by molar-refractivity contribution is 6.12. The molecule has 0 N–H and O–H groups in total. The second-order valence-electron chi connectivity index (χ2n) is 20.5. The maximum Gasteiger partial charge on any atom is 0.0543 e. The maximum atomic E-state index is 2.49. The molecule has 0 saturated carbocycles. The van der Waals surface area contributed by atoms with Gasteiger partial charge in [0.05, 0.1) is 22.1 Å². The smallest absolute Gasteiger partial charge is 0.0543 e. The summed E-state index contributed by atoms with van der Waals surface area (Å²) < 4.78 is 4.96. The lowest BCUT2D eigenvalue weighted by atomic mass is 9.86. The minimum atomic E-state index is 0.185. The zero-order valence-corrected chi connectivity index (χ0v) is 38.4. The minimum Gasteiger partial charge on any atom is -0.309 e. The third kappa shape index (κ3) is 7.56. The van der Waals surface area contributed by atoms with Gasteiger partial charge in [-0.2, -0.15) is 0 Å². The molecular formula is C61H58N2. The fourth-order valence-electron chi connectivity index (χ4n) is 10.1. The standard InChI is InChI=1S/C61H58N2/c1-39-16-10-12-22-50(39)45-25-28-57-53(34-45)52-31-42(37-60(4,5)6)24-27-56(52)62(57)48-20-14-18-43(32-48)44-19-15-21-49(33-44)63-58-29-26-46(51-23-13-11-17-40(51)2)35-54(58)55-36-47(38-61(7,8)9)41(3)30-59(55)63/h10-36H,37-38H2,1-9H3. The van der Waals surface area contributed by atoms with Crippen LogP contribution in [0.25, 0.3) is 88.4 Å². The van der Waals surface area contributed by atoms with E-state index in [0.29, 0.717) is 0 Å². The molecule has 63 heavy (non-hydrogen) atoms. The van der Waals surface area contributed by atoms with Crippen molar-refractivity contribution in [3.8, 4) is 44.8 Å². The summed E-state index contributed by atoms with van der Waals surface area (Å²) in [5.74, 6) is 0. The van der Waals surface area contributed by atoms with Gasteiger partial charge >= 0.3 is 0 Å².